The van der Waals surface area contributed by atoms with E-state index in [9.17, 15) is 0 Å². The fraction of sp³-hybridized carbons (Fsp3) is 1.00. The Bertz CT molecular complexity index is 203. The number of hydrogen-bond acceptors (Lipinski definition) is 2. The van der Waals surface area contributed by atoms with Crippen LogP contribution in [0.5, 0.6) is 0 Å². The largest absolute Gasteiger partial charge is 0.377 e. The molecule has 1 aliphatic rings. The minimum atomic E-state index is 0.426. The van der Waals surface area contributed by atoms with Crippen molar-refractivity contribution in [3.8, 4) is 0 Å². The Morgan fingerprint density at radius 3 is 2.65 bits per heavy atom. The lowest BCUT2D eigenvalue weighted by atomic mass is 9.74. The topological polar surface area (TPSA) is 21.3 Å². The molecule has 2 nitrogen and oxygen atoms in total. The summed E-state index contributed by atoms with van der Waals surface area (Å²) in [6.07, 6.45) is 8.00. The van der Waals surface area contributed by atoms with E-state index in [1.807, 2.05) is 0 Å². The van der Waals surface area contributed by atoms with Crippen molar-refractivity contribution in [2.75, 3.05) is 13.2 Å². The van der Waals surface area contributed by atoms with Crippen LogP contribution in [0.1, 0.15) is 66.2 Å². The zero-order chi connectivity index (χ0) is 12.7. The van der Waals surface area contributed by atoms with E-state index in [1.165, 1.54) is 38.5 Å². The molecular weight excluding hydrogens is 210 g/mol. The van der Waals surface area contributed by atoms with Crippen molar-refractivity contribution in [3.63, 3.8) is 0 Å². The van der Waals surface area contributed by atoms with Crippen LogP contribution in [-0.4, -0.2) is 25.3 Å². The third-order valence-corrected chi connectivity index (χ3v) is 3.88. The maximum Gasteiger partial charge on any atom is 0.0733 e. The van der Waals surface area contributed by atoms with Crippen molar-refractivity contribution in [3.05, 3.63) is 0 Å². The van der Waals surface area contributed by atoms with E-state index >= 15 is 0 Å². The highest BCUT2D eigenvalue weighted by Gasteiger charge is 2.34. The number of likely N-dealkylation sites (N-methyl/N-ethyl adjacent to an activating group) is 1. The Balaban J connectivity index is 2.37. The van der Waals surface area contributed by atoms with Gasteiger partial charge in [-0.25, -0.2) is 0 Å². The highest BCUT2D eigenvalue weighted by molar-refractivity contribution is 4.89. The van der Waals surface area contributed by atoms with Gasteiger partial charge in [0.05, 0.1) is 6.10 Å². The van der Waals surface area contributed by atoms with Gasteiger partial charge in [-0.1, -0.05) is 40.5 Å². The van der Waals surface area contributed by atoms with Crippen LogP contribution in [0.25, 0.3) is 0 Å². The summed E-state index contributed by atoms with van der Waals surface area (Å²) in [7, 11) is 0. The highest BCUT2D eigenvalue weighted by Crippen LogP contribution is 2.36. The molecule has 0 aromatic carbocycles. The number of nitrogens with one attached hydrogen (secondary N) is 1. The maximum atomic E-state index is 6.12. The molecule has 1 fully saturated rings. The third-order valence-electron chi connectivity index (χ3n) is 3.88. The lowest BCUT2D eigenvalue weighted by molar-refractivity contribution is -0.0289. The van der Waals surface area contributed by atoms with Crippen LogP contribution in [0, 0.1) is 5.41 Å². The molecule has 2 unspecified atom stereocenters. The quantitative estimate of drug-likeness (QED) is 0.685. The Morgan fingerprint density at radius 1 is 1.24 bits per heavy atom. The summed E-state index contributed by atoms with van der Waals surface area (Å²) in [6.45, 7) is 11.2. The zero-order valence-electron chi connectivity index (χ0n) is 12.2. The van der Waals surface area contributed by atoms with E-state index in [4.69, 9.17) is 4.74 Å². The summed E-state index contributed by atoms with van der Waals surface area (Å²) in [4.78, 5) is 0. The van der Waals surface area contributed by atoms with Gasteiger partial charge in [-0.05, 0) is 37.6 Å². The first kappa shape index (κ1) is 15.0. The lowest BCUT2D eigenvalue weighted by Crippen LogP contribution is -2.47. The lowest BCUT2D eigenvalue weighted by Gasteiger charge is -2.41. The first-order valence-corrected chi connectivity index (χ1v) is 7.44. The molecule has 0 amide bonds. The molecule has 0 spiro atoms. The van der Waals surface area contributed by atoms with Gasteiger partial charge in [0.25, 0.3) is 0 Å². The van der Waals surface area contributed by atoms with Crippen LogP contribution < -0.4 is 5.32 Å². The van der Waals surface area contributed by atoms with Crippen molar-refractivity contribution in [2.24, 2.45) is 5.41 Å². The molecule has 102 valence electrons. The molecule has 0 saturated heterocycles. The predicted molar refractivity (Wildman–Crippen MR) is 74.4 cm³/mol. The summed E-state index contributed by atoms with van der Waals surface area (Å²) in [5, 5.41) is 3.59. The van der Waals surface area contributed by atoms with Gasteiger partial charge in [0.15, 0.2) is 0 Å². The summed E-state index contributed by atoms with van der Waals surface area (Å²) >= 11 is 0. The normalized spacial score (nSPS) is 28.2. The molecule has 2 heteroatoms. The Labute approximate surface area is 108 Å². The van der Waals surface area contributed by atoms with Crippen molar-refractivity contribution in [1.82, 2.24) is 5.32 Å². The van der Waals surface area contributed by atoms with Crippen LogP contribution in [0.2, 0.25) is 0 Å². The van der Waals surface area contributed by atoms with E-state index < -0.39 is 0 Å². The predicted octanol–water partition coefficient (Wildman–Crippen LogP) is 3.75. The Hall–Kier alpha value is -0.0800. The second-order valence-electron chi connectivity index (χ2n) is 6.19. The molecule has 0 radical (unpaired) electrons. The van der Waals surface area contributed by atoms with E-state index in [-0.39, 0.29) is 0 Å². The molecule has 1 saturated carbocycles. The van der Waals surface area contributed by atoms with Crippen LogP contribution in [0.15, 0.2) is 0 Å². The Morgan fingerprint density at radius 2 is 2.00 bits per heavy atom. The molecule has 0 aromatic heterocycles. The van der Waals surface area contributed by atoms with E-state index in [0.717, 1.165) is 13.2 Å². The smallest absolute Gasteiger partial charge is 0.0733 e. The molecule has 2 atom stereocenters. The van der Waals surface area contributed by atoms with Gasteiger partial charge in [-0.3, -0.25) is 0 Å². The fourth-order valence-corrected chi connectivity index (χ4v) is 2.78. The molecule has 1 N–H and O–H groups in total. The molecule has 1 aliphatic carbocycles. The standard InChI is InChI=1S/C15H31NO/c1-5-7-8-11-17-14-12-15(3,4)10-9-13(14)16-6-2/h13-14,16H,5-12H2,1-4H3. The second kappa shape index (κ2) is 7.38. The van der Waals surface area contributed by atoms with Crippen LogP contribution >= 0.6 is 0 Å². The molecule has 1 rings (SSSR count). The molecule has 0 bridgehead atoms. The first-order chi connectivity index (χ1) is 8.09. The van der Waals surface area contributed by atoms with Crippen molar-refractivity contribution in [1.29, 1.82) is 0 Å². The van der Waals surface area contributed by atoms with Gasteiger partial charge >= 0.3 is 0 Å². The van der Waals surface area contributed by atoms with Gasteiger partial charge in [0, 0.05) is 12.6 Å². The van der Waals surface area contributed by atoms with Crippen LogP contribution in [0.4, 0.5) is 0 Å². The average Bonchev–Trinajstić information content (AvgIpc) is 2.27. The molecule has 0 aliphatic heterocycles. The van der Waals surface area contributed by atoms with Crippen molar-refractivity contribution >= 4 is 0 Å². The monoisotopic (exact) mass is 241 g/mol. The number of unbranched alkanes of at least 4 members (excludes halogenated alkanes) is 2. The molecular formula is C15H31NO. The van der Waals surface area contributed by atoms with Gasteiger partial charge in [-0.2, -0.15) is 0 Å². The van der Waals surface area contributed by atoms with E-state index in [2.05, 4.69) is 33.0 Å². The molecule has 0 heterocycles. The van der Waals surface area contributed by atoms with Crippen molar-refractivity contribution < 1.29 is 4.74 Å². The summed E-state index contributed by atoms with van der Waals surface area (Å²) in [6, 6.07) is 0.578. The highest BCUT2D eigenvalue weighted by atomic mass is 16.5. The first-order valence-electron chi connectivity index (χ1n) is 7.44. The number of rotatable bonds is 7. The SMILES string of the molecule is CCCCCOC1CC(C)(C)CCC1NCC. The zero-order valence-corrected chi connectivity index (χ0v) is 12.2. The second-order valence-corrected chi connectivity index (χ2v) is 6.19. The van der Waals surface area contributed by atoms with Crippen LogP contribution in [0.3, 0.4) is 0 Å². The van der Waals surface area contributed by atoms with Gasteiger partial charge < -0.3 is 10.1 Å². The summed E-state index contributed by atoms with van der Waals surface area (Å²) in [5.41, 5.74) is 0.460. The van der Waals surface area contributed by atoms with Crippen LogP contribution in [-0.2, 0) is 4.74 Å². The minimum Gasteiger partial charge on any atom is -0.377 e. The minimum absolute atomic E-state index is 0.426. The van der Waals surface area contributed by atoms with Gasteiger partial charge in [-0.15, -0.1) is 0 Å². The van der Waals surface area contributed by atoms with E-state index in [1.54, 1.807) is 0 Å². The van der Waals surface area contributed by atoms with Gasteiger partial charge in [0.1, 0.15) is 0 Å². The summed E-state index contributed by atoms with van der Waals surface area (Å²) in [5.74, 6) is 0. The average molecular weight is 241 g/mol. The van der Waals surface area contributed by atoms with Crippen molar-refractivity contribution in [2.45, 2.75) is 78.4 Å². The third kappa shape index (κ3) is 5.39. The summed E-state index contributed by atoms with van der Waals surface area (Å²) < 4.78 is 6.12. The number of ether oxygens (including phenoxy) is 1. The van der Waals surface area contributed by atoms with Gasteiger partial charge in [0.2, 0.25) is 0 Å². The van der Waals surface area contributed by atoms with E-state index in [0.29, 0.717) is 17.6 Å². The number of hydrogen-bond donors (Lipinski definition) is 1. The Kier molecular flexibility index (Phi) is 6.50. The molecule has 0 aromatic rings. The maximum absolute atomic E-state index is 6.12. The fourth-order valence-electron chi connectivity index (χ4n) is 2.78. The molecule has 17 heavy (non-hydrogen) atoms.